The maximum absolute atomic E-state index is 5.96. The Hall–Kier alpha value is 1.84. The van der Waals surface area contributed by atoms with Crippen LogP contribution in [0.2, 0.25) is 8.67 Å². The van der Waals surface area contributed by atoms with Crippen LogP contribution in [0.3, 0.4) is 0 Å². The molecule has 0 spiro atoms. The van der Waals surface area contributed by atoms with Crippen molar-refractivity contribution < 1.29 is 0 Å². The summed E-state index contributed by atoms with van der Waals surface area (Å²) in [5, 5.41) is 0. The molecule has 0 bridgehead atoms. The fourth-order valence-corrected chi connectivity index (χ4v) is 26.3. The van der Waals surface area contributed by atoms with Gasteiger partial charge in [0.2, 0.25) is 0 Å². The molecule has 0 radical (unpaired) electrons. The van der Waals surface area contributed by atoms with Crippen LogP contribution in [0.15, 0.2) is 0 Å². The van der Waals surface area contributed by atoms with Crippen LogP contribution < -0.4 is 8.92 Å². The van der Waals surface area contributed by atoms with Crippen molar-refractivity contribution >= 4 is 81.0 Å². The molecule has 2 rings (SSSR count). The van der Waals surface area contributed by atoms with Crippen LogP contribution in [0.4, 0.5) is 0 Å². The quantitative estimate of drug-likeness (QED) is 0.560. The van der Waals surface area contributed by atoms with Gasteiger partial charge < -0.3 is 0 Å². The second-order valence-corrected chi connectivity index (χ2v) is 19.3. The standard InChI is InChI=1S/C4Cl2SSe3/c5-3-1-2(4(6)7-3)9-10-8-1. The van der Waals surface area contributed by atoms with Gasteiger partial charge in [0.15, 0.2) is 0 Å². The topological polar surface area (TPSA) is 0 Å². The normalized spacial score (nSPS) is 15.8. The van der Waals surface area contributed by atoms with Crippen molar-refractivity contribution in [3.05, 3.63) is 8.67 Å². The fraction of sp³-hybridized carbons (Fsp3) is 0. The van der Waals surface area contributed by atoms with Crippen molar-refractivity contribution in [1.82, 2.24) is 0 Å². The van der Waals surface area contributed by atoms with Gasteiger partial charge in [-0.2, -0.15) is 0 Å². The van der Waals surface area contributed by atoms with Gasteiger partial charge in [-0.25, -0.2) is 0 Å². The average Bonchev–Trinajstić information content (AvgIpc) is 2.39. The Labute approximate surface area is 88.6 Å². The van der Waals surface area contributed by atoms with Gasteiger partial charge in [-0.3, -0.25) is 0 Å². The van der Waals surface area contributed by atoms with E-state index < -0.39 is 0 Å². The summed E-state index contributed by atoms with van der Waals surface area (Å²) in [5.41, 5.74) is 0. The van der Waals surface area contributed by atoms with Crippen molar-refractivity contribution in [1.29, 1.82) is 0 Å². The summed E-state index contributed by atoms with van der Waals surface area (Å²) >= 11 is 15.7. The van der Waals surface area contributed by atoms with E-state index in [0.29, 0.717) is 26.3 Å². The summed E-state index contributed by atoms with van der Waals surface area (Å²) < 4.78 is 4.76. The first-order chi connectivity index (χ1) is 4.79. The van der Waals surface area contributed by atoms with Crippen molar-refractivity contribution in [2.75, 3.05) is 0 Å². The second kappa shape index (κ2) is 3.30. The minimum absolute atomic E-state index is 0.697. The molecule has 10 heavy (non-hydrogen) atoms. The molecule has 0 amide bonds. The number of hydrogen-bond acceptors (Lipinski definition) is 1. The summed E-state index contributed by atoms with van der Waals surface area (Å²) in [6.07, 6.45) is 0. The first kappa shape index (κ1) is 8.44. The Morgan fingerprint density at radius 1 is 1.00 bits per heavy atom. The van der Waals surface area contributed by atoms with Crippen LogP contribution >= 0.6 is 34.5 Å². The van der Waals surface area contributed by atoms with E-state index in [4.69, 9.17) is 23.2 Å². The Morgan fingerprint density at radius 3 is 2.00 bits per heavy atom. The van der Waals surface area contributed by atoms with Crippen LogP contribution in [-0.4, -0.2) is 37.6 Å². The van der Waals surface area contributed by atoms with Crippen LogP contribution in [0.1, 0.15) is 0 Å². The molecule has 0 N–H and O–H groups in total. The molecule has 1 aromatic rings. The number of thiophene rings is 1. The summed E-state index contributed by atoms with van der Waals surface area (Å²) in [5.74, 6) is 0. The number of halogens is 2. The van der Waals surface area contributed by atoms with Crippen molar-refractivity contribution in [2.45, 2.75) is 0 Å². The summed E-state index contributed by atoms with van der Waals surface area (Å²) in [7, 11) is 0. The summed E-state index contributed by atoms with van der Waals surface area (Å²) in [4.78, 5) is 0. The van der Waals surface area contributed by atoms with Crippen molar-refractivity contribution in [3.8, 4) is 0 Å². The van der Waals surface area contributed by atoms with Gasteiger partial charge in [-0.15, -0.1) is 0 Å². The van der Waals surface area contributed by atoms with E-state index in [1.54, 1.807) is 11.3 Å². The molecule has 0 atom stereocenters. The van der Waals surface area contributed by atoms with Crippen LogP contribution in [-0.2, 0) is 0 Å². The Bertz CT molecular complexity index is 247. The number of hydrogen-bond donors (Lipinski definition) is 0. The van der Waals surface area contributed by atoms with Gasteiger partial charge in [0.05, 0.1) is 0 Å². The molecule has 0 aliphatic carbocycles. The fourth-order valence-electron chi connectivity index (χ4n) is 0.576. The zero-order chi connectivity index (χ0) is 7.14. The van der Waals surface area contributed by atoms with Gasteiger partial charge in [0, 0.05) is 0 Å². The molecule has 0 fully saturated rings. The van der Waals surface area contributed by atoms with Gasteiger partial charge in [0.25, 0.3) is 0 Å². The summed E-state index contributed by atoms with van der Waals surface area (Å²) in [6.45, 7) is 0. The van der Waals surface area contributed by atoms with Gasteiger partial charge in [0.1, 0.15) is 0 Å². The van der Waals surface area contributed by atoms with E-state index in [9.17, 15) is 0 Å². The van der Waals surface area contributed by atoms with E-state index in [-0.39, 0.29) is 0 Å². The molecule has 0 unspecified atom stereocenters. The molecule has 0 nitrogen and oxygen atoms in total. The van der Waals surface area contributed by atoms with Gasteiger partial charge >= 0.3 is 89.7 Å². The molecular weight excluding hydrogens is 388 g/mol. The monoisotopic (exact) mass is 390 g/mol. The zero-order valence-electron chi connectivity index (χ0n) is 4.39. The molecule has 1 aliphatic rings. The Balaban J connectivity index is 2.61. The SMILES string of the molecule is Clc1sc(Cl)c2c1[Se][Se][Se]2. The molecule has 0 saturated carbocycles. The molecule has 6 heteroatoms. The Kier molecular flexibility index (Phi) is 2.78. The van der Waals surface area contributed by atoms with Crippen molar-refractivity contribution in [2.24, 2.45) is 0 Å². The van der Waals surface area contributed by atoms with Crippen LogP contribution in [0.25, 0.3) is 0 Å². The first-order valence-corrected chi connectivity index (χ1v) is 14.2. The Morgan fingerprint density at radius 2 is 1.50 bits per heavy atom. The molecule has 0 saturated heterocycles. The third-order valence-electron chi connectivity index (χ3n) is 0.977. The predicted molar refractivity (Wildman–Crippen MR) is 50.9 cm³/mol. The van der Waals surface area contributed by atoms with Gasteiger partial charge in [-0.05, 0) is 0 Å². The van der Waals surface area contributed by atoms with E-state index in [1.807, 2.05) is 0 Å². The summed E-state index contributed by atoms with van der Waals surface area (Å²) in [6, 6.07) is 0. The maximum atomic E-state index is 5.96. The van der Waals surface area contributed by atoms with Crippen LogP contribution in [0.5, 0.6) is 0 Å². The average molecular weight is 388 g/mol. The first-order valence-electron chi connectivity index (χ1n) is 2.28. The number of rotatable bonds is 0. The third-order valence-corrected chi connectivity index (χ3v) is 19.9. The van der Waals surface area contributed by atoms with E-state index in [0.717, 1.165) is 20.0 Å². The molecule has 1 aromatic heterocycles. The van der Waals surface area contributed by atoms with Crippen LogP contribution in [0, 0.1) is 0 Å². The predicted octanol–water partition coefficient (Wildman–Crippen LogP) is 0.262. The van der Waals surface area contributed by atoms with E-state index >= 15 is 0 Å². The molecule has 0 aromatic carbocycles. The van der Waals surface area contributed by atoms with E-state index in [2.05, 4.69) is 0 Å². The molecule has 54 valence electrons. The number of fused-ring (bicyclic) bond motifs is 1. The third kappa shape index (κ3) is 1.35. The van der Waals surface area contributed by atoms with Crippen molar-refractivity contribution in [3.63, 3.8) is 0 Å². The van der Waals surface area contributed by atoms with E-state index in [1.165, 1.54) is 8.92 Å². The van der Waals surface area contributed by atoms with Gasteiger partial charge in [-0.1, -0.05) is 0 Å². The molecule has 1 aliphatic heterocycles. The second-order valence-electron chi connectivity index (χ2n) is 1.54. The molecular formula is C4Cl2SSe3. The zero-order valence-corrected chi connectivity index (χ0v) is 11.9. The minimum atomic E-state index is 0.697. The molecule has 2 heterocycles.